The second kappa shape index (κ2) is 7.57. The molecule has 8 heteroatoms. The Morgan fingerprint density at radius 1 is 1.07 bits per heavy atom. The normalized spacial score (nSPS) is 11.6. The number of aromatic nitrogens is 2. The van der Waals surface area contributed by atoms with Crippen molar-refractivity contribution in [2.75, 3.05) is 19.4 Å². The molecule has 1 aromatic heterocycles. The average Bonchev–Trinajstić information content (AvgIpc) is 3.09. The third kappa shape index (κ3) is 3.97. The van der Waals surface area contributed by atoms with Crippen LogP contribution in [0.15, 0.2) is 59.8 Å². The Bertz CT molecular complexity index is 1120. The molecule has 0 radical (unpaired) electrons. The van der Waals surface area contributed by atoms with Crippen LogP contribution in [0.25, 0.3) is 5.69 Å². The van der Waals surface area contributed by atoms with Gasteiger partial charge in [-0.25, -0.2) is 17.4 Å². The number of nitrogens with one attached hydrogen (secondary N) is 1. The van der Waals surface area contributed by atoms with E-state index in [9.17, 15) is 13.2 Å². The lowest BCUT2D eigenvalue weighted by Gasteiger charge is -2.15. The zero-order valence-corrected chi connectivity index (χ0v) is 17.0. The maximum absolute atomic E-state index is 12.6. The third-order valence-corrected chi connectivity index (χ3v) is 6.27. The highest BCUT2D eigenvalue weighted by molar-refractivity contribution is 7.89. The molecule has 1 N–H and O–H groups in total. The number of aryl methyl sites for hydroxylation is 2. The van der Waals surface area contributed by atoms with Crippen LogP contribution < -0.4 is 5.32 Å². The first-order valence-corrected chi connectivity index (χ1v) is 10.1. The molecule has 0 aliphatic heterocycles. The SMILES string of the molecule is Cc1cnn(-c2ccc(C(=O)Nc3ccc(C)c(S(=O)(=O)N(C)C)c3)cc2)c1. The third-order valence-electron chi connectivity index (χ3n) is 4.31. The molecule has 0 unspecified atom stereocenters. The molecular formula is C20H22N4O3S. The summed E-state index contributed by atoms with van der Waals surface area (Å²) in [7, 11) is -0.643. The smallest absolute Gasteiger partial charge is 0.255 e. The maximum atomic E-state index is 12.6. The predicted molar refractivity (Wildman–Crippen MR) is 108 cm³/mol. The Morgan fingerprint density at radius 3 is 2.32 bits per heavy atom. The van der Waals surface area contributed by atoms with E-state index in [0.29, 0.717) is 16.8 Å². The number of benzene rings is 2. The summed E-state index contributed by atoms with van der Waals surface area (Å²) >= 11 is 0. The lowest BCUT2D eigenvalue weighted by atomic mass is 10.1. The molecule has 3 aromatic rings. The fraction of sp³-hybridized carbons (Fsp3) is 0.200. The van der Waals surface area contributed by atoms with E-state index in [1.165, 1.54) is 20.2 Å². The quantitative estimate of drug-likeness (QED) is 0.716. The molecule has 1 heterocycles. The number of anilines is 1. The van der Waals surface area contributed by atoms with Crippen LogP contribution in [0.3, 0.4) is 0 Å². The Morgan fingerprint density at radius 2 is 1.75 bits per heavy atom. The monoisotopic (exact) mass is 398 g/mol. The number of rotatable bonds is 5. The Hall–Kier alpha value is -2.97. The molecule has 7 nitrogen and oxygen atoms in total. The number of carbonyl (C=O) groups is 1. The first kappa shape index (κ1) is 19.8. The lowest BCUT2D eigenvalue weighted by molar-refractivity contribution is 0.102. The van der Waals surface area contributed by atoms with E-state index in [1.54, 1.807) is 54.2 Å². The van der Waals surface area contributed by atoms with Crippen LogP contribution in [0.1, 0.15) is 21.5 Å². The molecule has 0 atom stereocenters. The first-order chi connectivity index (χ1) is 13.2. The number of amides is 1. The van der Waals surface area contributed by atoms with Gasteiger partial charge in [-0.2, -0.15) is 5.10 Å². The minimum atomic E-state index is -3.59. The molecule has 1 amide bonds. The van der Waals surface area contributed by atoms with Crippen molar-refractivity contribution in [3.8, 4) is 5.69 Å². The van der Waals surface area contributed by atoms with Crippen LogP contribution in [-0.4, -0.2) is 42.5 Å². The minimum Gasteiger partial charge on any atom is -0.322 e. The number of hydrogen-bond donors (Lipinski definition) is 1. The number of carbonyl (C=O) groups excluding carboxylic acids is 1. The molecule has 0 saturated carbocycles. The number of nitrogens with zero attached hydrogens (tertiary/aromatic N) is 3. The Kier molecular flexibility index (Phi) is 5.35. The summed E-state index contributed by atoms with van der Waals surface area (Å²) in [5.74, 6) is -0.319. The van der Waals surface area contributed by atoms with Crippen LogP contribution in [0.4, 0.5) is 5.69 Å². The van der Waals surface area contributed by atoms with E-state index >= 15 is 0 Å². The molecule has 146 valence electrons. The summed E-state index contributed by atoms with van der Waals surface area (Å²) < 4.78 is 27.8. The van der Waals surface area contributed by atoms with Gasteiger partial charge in [0.15, 0.2) is 0 Å². The summed E-state index contributed by atoms with van der Waals surface area (Å²) in [5.41, 5.74) is 3.39. The number of sulfonamides is 1. The van der Waals surface area contributed by atoms with Crippen LogP contribution >= 0.6 is 0 Å². The molecule has 0 saturated heterocycles. The van der Waals surface area contributed by atoms with Gasteiger partial charge in [-0.1, -0.05) is 6.07 Å². The van der Waals surface area contributed by atoms with E-state index in [-0.39, 0.29) is 10.8 Å². The molecule has 0 spiro atoms. The number of hydrogen-bond acceptors (Lipinski definition) is 4. The van der Waals surface area contributed by atoms with Gasteiger partial charge in [-0.05, 0) is 61.4 Å². The summed E-state index contributed by atoms with van der Waals surface area (Å²) in [4.78, 5) is 12.7. The summed E-state index contributed by atoms with van der Waals surface area (Å²) in [6, 6.07) is 11.8. The van der Waals surface area contributed by atoms with Crippen LogP contribution in [0.5, 0.6) is 0 Å². The average molecular weight is 398 g/mol. The fourth-order valence-corrected chi connectivity index (χ4v) is 3.82. The van der Waals surface area contributed by atoms with E-state index in [0.717, 1.165) is 15.6 Å². The molecule has 3 rings (SSSR count). The van der Waals surface area contributed by atoms with Gasteiger partial charge in [-0.3, -0.25) is 4.79 Å². The van der Waals surface area contributed by atoms with Crippen molar-refractivity contribution >= 4 is 21.6 Å². The van der Waals surface area contributed by atoms with Crippen molar-refractivity contribution in [3.05, 3.63) is 71.5 Å². The minimum absolute atomic E-state index is 0.166. The largest absolute Gasteiger partial charge is 0.322 e. The summed E-state index contributed by atoms with van der Waals surface area (Å²) in [5, 5.41) is 6.99. The van der Waals surface area contributed by atoms with Crippen molar-refractivity contribution in [3.63, 3.8) is 0 Å². The van der Waals surface area contributed by atoms with Crippen molar-refractivity contribution in [1.29, 1.82) is 0 Å². The van der Waals surface area contributed by atoms with Gasteiger partial charge in [-0.15, -0.1) is 0 Å². The summed E-state index contributed by atoms with van der Waals surface area (Å²) in [6.07, 6.45) is 3.66. The molecule has 0 aliphatic carbocycles. The standard InChI is InChI=1S/C20H22N4O3S/c1-14-12-21-24(13-14)18-9-6-16(7-10-18)20(25)22-17-8-5-15(2)19(11-17)28(26,27)23(3)4/h5-13H,1-4H3,(H,22,25). The van der Waals surface area contributed by atoms with Gasteiger partial charge < -0.3 is 5.32 Å². The predicted octanol–water partition coefficient (Wildman–Crippen LogP) is 2.99. The molecule has 2 aromatic carbocycles. The molecule has 0 aliphatic rings. The van der Waals surface area contributed by atoms with Gasteiger partial charge in [0.1, 0.15) is 0 Å². The zero-order valence-electron chi connectivity index (χ0n) is 16.2. The Labute approximate surface area is 164 Å². The van der Waals surface area contributed by atoms with Gasteiger partial charge in [0.25, 0.3) is 5.91 Å². The van der Waals surface area contributed by atoms with Gasteiger partial charge in [0, 0.05) is 31.5 Å². The maximum Gasteiger partial charge on any atom is 0.255 e. The second-order valence-electron chi connectivity index (χ2n) is 6.73. The molecule has 0 fully saturated rings. The first-order valence-electron chi connectivity index (χ1n) is 8.65. The lowest BCUT2D eigenvalue weighted by Crippen LogP contribution is -2.23. The topological polar surface area (TPSA) is 84.3 Å². The van der Waals surface area contributed by atoms with Crippen molar-refractivity contribution in [2.45, 2.75) is 18.7 Å². The zero-order chi connectivity index (χ0) is 20.5. The van der Waals surface area contributed by atoms with Crippen molar-refractivity contribution in [2.24, 2.45) is 0 Å². The van der Waals surface area contributed by atoms with E-state index < -0.39 is 10.0 Å². The van der Waals surface area contributed by atoms with Gasteiger partial charge in [0.05, 0.1) is 16.8 Å². The van der Waals surface area contributed by atoms with Gasteiger partial charge >= 0.3 is 0 Å². The van der Waals surface area contributed by atoms with E-state index in [1.807, 2.05) is 13.1 Å². The molecular weight excluding hydrogens is 376 g/mol. The molecule has 28 heavy (non-hydrogen) atoms. The van der Waals surface area contributed by atoms with Crippen LogP contribution in [0, 0.1) is 13.8 Å². The summed E-state index contributed by atoms with van der Waals surface area (Å²) in [6.45, 7) is 3.68. The van der Waals surface area contributed by atoms with Crippen molar-refractivity contribution < 1.29 is 13.2 Å². The highest BCUT2D eigenvalue weighted by atomic mass is 32.2. The van der Waals surface area contributed by atoms with E-state index in [4.69, 9.17) is 0 Å². The van der Waals surface area contributed by atoms with E-state index in [2.05, 4.69) is 10.4 Å². The molecule has 0 bridgehead atoms. The van der Waals surface area contributed by atoms with Crippen LogP contribution in [0.2, 0.25) is 0 Å². The highest BCUT2D eigenvalue weighted by Crippen LogP contribution is 2.23. The van der Waals surface area contributed by atoms with Gasteiger partial charge in [0.2, 0.25) is 10.0 Å². The van der Waals surface area contributed by atoms with Crippen LogP contribution in [-0.2, 0) is 10.0 Å². The van der Waals surface area contributed by atoms with Crippen molar-refractivity contribution in [1.82, 2.24) is 14.1 Å². The highest BCUT2D eigenvalue weighted by Gasteiger charge is 2.20. The second-order valence-corrected chi connectivity index (χ2v) is 8.85. The fourth-order valence-electron chi connectivity index (χ4n) is 2.68. The Balaban J connectivity index is 1.81.